The van der Waals surface area contributed by atoms with E-state index in [9.17, 15) is 0 Å². The monoisotopic (exact) mass is 895 g/mol. The molecule has 0 N–H and O–H groups in total. The zero-order valence-electron chi connectivity index (χ0n) is 38.5. The number of para-hydroxylation sites is 3. The van der Waals surface area contributed by atoms with Crippen LogP contribution in [0.1, 0.15) is 45.9 Å². The van der Waals surface area contributed by atoms with E-state index in [1.807, 2.05) is 0 Å². The summed E-state index contributed by atoms with van der Waals surface area (Å²) in [5, 5.41) is 2.48. The van der Waals surface area contributed by atoms with E-state index in [4.69, 9.17) is 9.47 Å². The lowest BCUT2D eigenvalue weighted by Crippen LogP contribution is -2.55. The van der Waals surface area contributed by atoms with E-state index in [-0.39, 0.29) is 6.10 Å². The van der Waals surface area contributed by atoms with E-state index in [2.05, 4.69) is 261 Å². The Labute approximate surface area is 407 Å². The van der Waals surface area contributed by atoms with Gasteiger partial charge in [0.25, 0.3) is 0 Å². The van der Waals surface area contributed by atoms with Crippen LogP contribution in [-0.4, -0.2) is 6.10 Å². The Hall–Kier alpha value is -8.66. The van der Waals surface area contributed by atoms with E-state index in [0.717, 1.165) is 45.4 Å². The van der Waals surface area contributed by atoms with Crippen molar-refractivity contribution < 1.29 is 9.47 Å². The Balaban J connectivity index is 0.964. The maximum atomic E-state index is 6.89. The van der Waals surface area contributed by atoms with Gasteiger partial charge in [-0.05, 0) is 127 Å². The first-order chi connectivity index (χ1) is 34.6. The van der Waals surface area contributed by atoms with Gasteiger partial charge in [-0.25, -0.2) is 0 Å². The molecule has 2 aliphatic heterocycles. The van der Waals surface area contributed by atoms with Crippen LogP contribution in [0.25, 0.3) is 44.2 Å². The Morgan fingerprint density at radius 1 is 0.400 bits per heavy atom. The van der Waals surface area contributed by atoms with Crippen LogP contribution >= 0.6 is 0 Å². The zero-order valence-corrected chi connectivity index (χ0v) is 38.5. The van der Waals surface area contributed by atoms with Gasteiger partial charge in [-0.15, -0.1) is 0 Å². The number of hydrogen-bond acceptors (Lipinski definition) is 3. The maximum Gasteiger partial charge on any atom is 0.132 e. The zero-order chi connectivity index (χ0) is 46.2. The number of allylic oxidation sites excluding steroid dienone is 2. The smallest absolute Gasteiger partial charge is 0.132 e. The van der Waals surface area contributed by atoms with Crippen molar-refractivity contribution in [1.29, 1.82) is 0 Å². The minimum absolute atomic E-state index is 0.143. The molecule has 0 bridgehead atoms. The molecule has 3 atom stereocenters. The lowest BCUT2D eigenvalue weighted by atomic mass is 9.52. The molecule has 10 aromatic rings. The Kier molecular flexibility index (Phi) is 8.11. The van der Waals surface area contributed by atoms with Gasteiger partial charge in [0.15, 0.2) is 0 Å². The maximum absolute atomic E-state index is 6.89. The summed E-state index contributed by atoms with van der Waals surface area (Å²) < 4.78 is 13.6. The third kappa shape index (κ3) is 5.03. The first-order valence-corrected chi connectivity index (χ1v) is 24.4. The summed E-state index contributed by atoms with van der Waals surface area (Å²) in [4.78, 5) is 2.46. The summed E-state index contributed by atoms with van der Waals surface area (Å²) in [5.41, 5.74) is 17.8. The van der Waals surface area contributed by atoms with Gasteiger partial charge in [-0.2, -0.15) is 0 Å². The van der Waals surface area contributed by atoms with Crippen LogP contribution < -0.4 is 14.4 Å². The molecule has 10 aromatic carbocycles. The average molecular weight is 896 g/mol. The molecule has 0 saturated heterocycles. The minimum atomic E-state index is -0.552. The van der Waals surface area contributed by atoms with E-state index in [0.29, 0.717) is 0 Å². The van der Waals surface area contributed by atoms with Gasteiger partial charge >= 0.3 is 0 Å². The van der Waals surface area contributed by atoms with Crippen molar-refractivity contribution in [2.45, 2.75) is 23.9 Å². The Bertz CT molecular complexity index is 3850. The molecule has 0 fully saturated rings. The molecule has 3 aliphatic carbocycles. The first kappa shape index (κ1) is 39.3. The molecular formula is C67H45NO2. The second kappa shape index (κ2) is 14.4. The van der Waals surface area contributed by atoms with Gasteiger partial charge in [0.2, 0.25) is 0 Å². The Morgan fingerprint density at radius 3 is 1.66 bits per heavy atom. The fourth-order valence-corrected chi connectivity index (χ4v) is 13.5. The third-order valence-corrected chi connectivity index (χ3v) is 16.4. The van der Waals surface area contributed by atoms with E-state index in [1.54, 1.807) is 0 Å². The number of benzene rings is 10. The van der Waals surface area contributed by atoms with E-state index >= 15 is 0 Å². The molecule has 3 heteroatoms. The predicted octanol–water partition coefficient (Wildman–Crippen LogP) is 16.7. The highest BCUT2D eigenvalue weighted by molar-refractivity contribution is 5.98. The third-order valence-electron chi connectivity index (χ3n) is 16.4. The van der Waals surface area contributed by atoms with E-state index in [1.165, 1.54) is 72.0 Å². The fraction of sp³-hybridized carbons (Fsp3) is 0.0746. The molecule has 2 unspecified atom stereocenters. The summed E-state index contributed by atoms with van der Waals surface area (Å²) in [6.45, 7) is 2.39. The largest absolute Gasteiger partial charge is 0.485 e. The van der Waals surface area contributed by atoms with Gasteiger partial charge in [-0.1, -0.05) is 195 Å². The van der Waals surface area contributed by atoms with Crippen LogP contribution in [0.5, 0.6) is 17.2 Å². The standard InChI is InChI=1S/C67H45NO2/c1-65-40-15-14-31-64(65)70-63-30-13-10-27-60(63)67(65)56-24-7-5-21-51(56)53-42-47(37-39-57(53)67)68(45-34-32-44(33-35-45)49-22-16-18-43-17-2-3-19-48(43)49)46-36-38-55-52(41-46)50-20-4-6-23-54(50)66(55)58-25-8-11-28-61(58)69-62-29-12-9-26-59(62)66/h2-42,64H,1H3/t64?,65?,67-/m1/s1. The minimum Gasteiger partial charge on any atom is -0.485 e. The second-order valence-electron chi connectivity index (χ2n) is 19.6. The van der Waals surface area contributed by atoms with Gasteiger partial charge < -0.3 is 14.4 Å². The van der Waals surface area contributed by atoms with Crippen molar-refractivity contribution in [3.63, 3.8) is 0 Å². The number of hydrogen-bond donors (Lipinski definition) is 0. The molecule has 0 saturated carbocycles. The number of anilines is 3. The topological polar surface area (TPSA) is 21.7 Å². The molecule has 5 aliphatic rings. The predicted molar refractivity (Wildman–Crippen MR) is 284 cm³/mol. The molecule has 2 spiro atoms. The number of fused-ring (bicyclic) bond motifs is 19. The fourth-order valence-electron chi connectivity index (χ4n) is 13.5. The van der Waals surface area contributed by atoms with Crippen LogP contribution in [0.3, 0.4) is 0 Å². The highest BCUT2D eigenvalue weighted by Gasteiger charge is 2.62. The highest BCUT2D eigenvalue weighted by atomic mass is 16.5. The van der Waals surface area contributed by atoms with Gasteiger partial charge in [0.05, 0.1) is 10.8 Å². The quantitative estimate of drug-likeness (QED) is 0.176. The molecule has 0 amide bonds. The first-order valence-electron chi connectivity index (χ1n) is 24.4. The summed E-state index contributed by atoms with van der Waals surface area (Å²) in [6.07, 6.45) is 8.83. The number of nitrogens with zero attached hydrogens (tertiary/aromatic N) is 1. The van der Waals surface area contributed by atoms with Crippen LogP contribution in [0.15, 0.2) is 249 Å². The molecular weight excluding hydrogens is 851 g/mol. The summed E-state index contributed by atoms with van der Waals surface area (Å²) >= 11 is 0. The summed E-state index contributed by atoms with van der Waals surface area (Å²) in [7, 11) is 0. The van der Waals surface area contributed by atoms with Gasteiger partial charge in [0, 0.05) is 39.2 Å². The lowest BCUT2D eigenvalue weighted by Gasteiger charge is -2.54. The van der Waals surface area contributed by atoms with Gasteiger partial charge in [0.1, 0.15) is 23.4 Å². The molecule has 2 heterocycles. The molecule has 0 aromatic heterocycles. The summed E-state index contributed by atoms with van der Waals surface area (Å²) in [5.74, 6) is 2.73. The number of ether oxygens (including phenoxy) is 2. The van der Waals surface area contributed by atoms with Crippen molar-refractivity contribution in [2.75, 3.05) is 4.90 Å². The van der Waals surface area contributed by atoms with Crippen molar-refractivity contribution in [3.8, 4) is 50.6 Å². The average Bonchev–Trinajstić information content (AvgIpc) is 3.88. The molecule has 15 rings (SSSR count). The van der Waals surface area contributed by atoms with Gasteiger partial charge in [-0.3, -0.25) is 0 Å². The van der Waals surface area contributed by atoms with Crippen LogP contribution in [0, 0.1) is 5.41 Å². The van der Waals surface area contributed by atoms with Crippen molar-refractivity contribution in [2.24, 2.45) is 5.41 Å². The van der Waals surface area contributed by atoms with Crippen LogP contribution in [0.2, 0.25) is 0 Å². The molecule has 3 nitrogen and oxygen atoms in total. The normalized spacial score (nSPS) is 19.7. The molecule has 0 radical (unpaired) electrons. The van der Waals surface area contributed by atoms with Crippen molar-refractivity contribution >= 4 is 27.8 Å². The van der Waals surface area contributed by atoms with Crippen LogP contribution in [0.4, 0.5) is 17.1 Å². The molecule has 330 valence electrons. The Morgan fingerprint density at radius 2 is 0.914 bits per heavy atom. The van der Waals surface area contributed by atoms with Crippen LogP contribution in [-0.2, 0) is 10.8 Å². The van der Waals surface area contributed by atoms with Crippen molar-refractivity contribution in [3.05, 3.63) is 288 Å². The number of rotatable bonds is 4. The SMILES string of the molecule is CC12C=CC=CC1Oc1ccccc1[C@]21c2ccccc2-c2cc(N(c3ccc(-c4cccc5ccccc45)cc3)c3ccc4c(c3)-c3ccccc3C43c4ccccc4Oc4ccccc43)ccc21. The van der Waals surface area contributed by atoms with E-state index < -0.39 is 16.2 Å². The lowest BCUT2D eigenvalue weighted by molar-refractivity contribution is 0.0664. The van der Waals surface area contributed by atoms with Crippen molar-refractivity contribution in [1.82, 2.24) is 0 Å². The second-order valence-corrected chi connectivity index (χ2v) is 19.6. The highest BCUT2D eigenvalue weighted by Crippen LogP contribution is 2.67. The summed E-state index contributed by atoms with van der Waals surface area (Å²) in [6, 6.07) is 82.8. The molecule has 70 heavy (non-hydrogen) atoms.